The molecule has 1 aromatic rings. The third kappa shape index (κ3) is 4.13. The van der Waals surface area contributed by atoms with Crippen molar-refractivity contribution < 1.29 is 39.8 Å². The molecule has 0 unspecified atom stereocenters. The number of allylic oxidation sites excluding steroid dienone is 1. The summed E-state index contributed by atoms with van der Waals surface area (Å²) in [5.74, 6) is -0.260. The summed E-state index contributed by atoms with van der Waals surface area (Å²) in [6.07, 6.45) is 3.46. The number of benzene rings is 1. The third-order valence-corrected chi connectivity index (χ3v) is 11.9. The van der Waals surface area contributed by atoms with Gasteiger partial charge in [-0.25, -0.2) is 4.79 Å². The lowest BCUT2D eigenvalue weighted by molar-refractivity contribution is -0.301. The zero-order chi connectivity index (χ0) is 28.6. The van der Waals surface area contributed by atoms with Crippen LogP contribution in [0.1, 0.15) is 94.0 Å². The van der Waals surface area contributed by atoms with E-state index >= 15 is 0 Å². The summed E-state index contributed by atoms with van der Waals surface area (Å²) in [6, 6.07) is 7.28. The van der Waals surface area contributed by atoms with Gasteiger partial charge in [-0.15, -0.1) is 0 Å². The normalized spacial score (nSPS) is 48.5. The number of aromatic carboxylic acids is 1. The van der Waals surface area contributed by atoms with Gasteiger partial charge in [0.05, 0.1) is 23.4 Å². The predicted molar refractivity (Wildman–Crippen MR) is 147 cm³/mol. The number of hydrogen-bond acceptors (Lipinski definition) is 7. The second kappa shape index (κ2) is 9.89. The van der Waals surface area contributed by atoms with E-state index in [4.69, 9.17) is 9.47 Å². The summed E-state index contributed by atoms with van der Waals surface area (Å²) in [5.41, 5.74) is 1.52. The van der Waals surface area contributed by atoms with E-state index < -0.39 is 42.3 Å². The Labute approximate surface area is 236 Å². The van der Waals surface area contributed by atoms with Gasteiger partial charge in [0.15, 0.2) is 6.29 Å². The highest BCUT2D eigenvalue weighted by molar-refractivity contribution is 5.87. The average molecular weight is 557 g/mol. The first-order valence-corrected chi connectivity index (χ1v) is 15.0. The number of carboxylic acid groups (broad SMARTS) is 1. The Hall–Kier alpha value is -1.81. The molecule has 0 bridgehead atoms. The molecule has 8 heteroatoms. The van der Waals surface area contributed by atoms with Gasteiger partial charge < -0.3 is 35.0 Å². The first-order chi connectivity index (χ1) is 18.9. The van der Waals surface area contributed by atoms with Crippen LogP contribution >= 0.6 is 0 Å². The molecule has 40 heavy (non-hydrogen) atoms. The van der Waals surface area contributed by atoms with Gasteiger partial charge in [0.2, 0.25) is 0 Å². The summed E-state index contributed by atoms with van der Waals surface area (Å²) in [5, 5.41) is 52.7. The van der Waals surface area contributed by atoms with Gasteiger partial charge in [-0.05, 0) is 99.2 Å². The van der Waals surface area contributed by atoms with Crippen LogP contribution < -0.4 is 0 Å². The van der Waals surface area contributed by atoms with E-state index in [0.29, 0.717) is 11.5 Å². The molecule has 0 amide bonds. The zero-order valence-electron chi connectivity index (χ0n) is 23.7. The van der Waals surface area contributed by atoms with Crippen molar-refractivity contribution in [2.75, 3.05) is 0 Å². The summed E-state index contributed by atoms with van der Waals surface area (Å²) < 4.78 is 11.8. The van der Waals surface area contributed by atoms with Gasteiger partial charge in [-0.1, -0.05) is 37.6 Å². The molecule has 1 heterocycles. The van der Waals surface area contributed by atoms with Gasteiger partial charge in [0, 0.05) is 5.41 Å². The molecule has 12 atom stereocenters. The second-order valence-electron chi connectivity index (χ2n) is 13.7. The standard InChI is InChI=1S/C32H44O8/c1-17-25(33)26(34)27(35)29(39-17)40-21-9-12-30(2)20(16-21)7-8-24-23(30)10-13-31(3)22(11-14-32(24,31)38)18-5-4-6-19(15-18)28(36)37/h4-6,15-17,21-27,29,33-35,38H,7-14H2,1-3H3,(H,36,37)/t17-,21-,22+,23-,24+,25-,26+,27+,29-,30-,31+,32-/m0/s1. The number of aliphatic hydroxyl groups is 4. The van der Waals surface area contributed by atoms with Crippen LogP contribution in [0.4, 0.5) is 0 Å². The Balaban J connectivity index is 1.21. The van der Waals surface area contributed by atoms with E-state index in [1.807, 2.05) is 12.1 Å². The molecule has 5 aliphatic rings. The van der Waals surface area contributed by atoms with Gasteiger partial charge in [-0.3, -0.25) is 0 Å². The Kier molecular flexibility index (Phi) is 7.00. The maximum atomic E-state index is 12.5. The Morgan fingerprint density at radius 2 is 1.75 bits per heavy atom. The number of ether oxygens (including phenoxy) is 2. The molecule has 1 saturated heterocycles. The van der Waals surface area contributed by atoms with Crippen molar-refractivity contribution in [2.45, 2.75) is 120 Å². The lowest BCUT2D eigenvalue weighted by Gasteiger charge is -2.62. The molecule has 8 nitrogen and oxygen atoms in total. The van der Waals surface area contributed by atoms with Gasteiger partial charge in [-0.2, -0.15) is 0 Å². The minimum absolute atomic E-state index is 0.0455. The van der Waals surface area contributed by atoms with Crippen LogP contribution in [0, 0.1) is 22.7 Å². The van der Waals surface area contributed by atoms with E-state index in [1.54, 1.807) is 19.1 Å². The Bertz CT molecular complexity index is 1180. The van der Waals surface area contributed by atoms with Crippen molar-refractivity contribution in [3.05, 3.63) is 47.0 Å². The molecule has 1 aromatic carbocycles. The van der Waals surface area contributed by atoms with Crippen molar-refractivity contribution in [2.24, 2.45) is 22.7 Å². The second-order valence-corrected chi connectivity index (χ2v) is 13.7. The first kappa shape index (κ1) is 28.3. The summed E-state index contributed by atoms with van der Waals surface area (Å²) in [6.45, 7) is 6.23. The van der Waals surface area contributed by atoms with Crippen molar-refractivity contribution in [3.8, 4) is 0 Å². The number of carbonyl (C=O) groups is 1. The van der Waals surface area contributed by atoms with Crippen LogP contribution in [0.3, 0.4) is 0 Å². The quantitative estimate of drug-likeness (QED) is 0.354. The number of hydrogen-bond donors (Lipinski definition) is 5. The Morgan fingerprint density at radius 3 is 2.50 bits per heavy atom. The van der Waals surface area contributed by atoms with Gasteiger partial charge in [0.25, 0.3) is 0 Å². The zero-order valence-corrected chi connectivity index (χ0v) is 23.7. The highest BCUT2D eigenvalue weighted by Gasteiger charge is 2.66. The molecule has 0 spiro atoms. The minimum Gasteiger partial charge on any atom is -0.478 e. The van der Waals surface area contributed by atoms with E-state index in [-0.39, 0.29) is 28.8 Å². The molecule has 4 fully saturated rings. The molecule has 220 valence electrons. The number of rotatable bonds is 4. The van der Waals surface area contributed by atoms with Crippen LogP contribution in [-0.4, -0.2) is 73.9 Å². The topological polar surface area (TPSA) is 137 Å². The molecule has 1 aliphatic heterocycles. The molecule has 6 rings (SSSR count). The first-order valence-electron chi connectivity index (χ1n) is 15.0. The van der Waals surface area contributed by atoms with Crippen molar-refractivity contribution in [1.29, 1.82) is 0 Å². The van der Waals surface area contributed by atoms with E-state index in [1.165, 1.54) is 5.57 Å². The molecule has 0 radical (unpaired) electrons. The Morgan fingerprint density at radius 1 is 0.975 bits per heavy atom. The smallest absolute Gasteiger partial charge is 0.335 e. The van der Waals surface area contributed by atoms with Crippen molar-refractivity contribution in [1.82, 2.24) is 0 Å². The molecule has 3 saturated carbocycles. The van der Waals surface area contributed by atoms with Crippen LogP contribution in [0.5, 0.6) is 0 Å². The highest BCUT2D eigenvalue weighted by Crippen LogP contribution is 2.70. The lowest BCUT2D eigenvalue weighted by Crippen LogP contribution is -2.60. The maximum Gasteiger partial charge on any atom is 0.335 e. The minimum atomic E-state index is -1.31. The number of carboxylic acids is 1. The SMILES string of the molecule is C[C@@H]1O[C@@H](O[C@@H]2C=C3CC[C@@H]4[C@H](CC[C@]5(C)[C@@H](c6cccc(C(=O)O)c6)CC[C@]45O)[C@@]3(C)CC2)[C@H](O)[C@H](O)[C@H]1O. The van der Waals surface area contributed by atoms with Gasteiger partial charge in [0.1, 0.15) is 18.3 Å². The molecule has 0 aromatic heterocycles. The fourth-order valence-corrected chi connectivity index (χ4v) is 9.49. The highest BCUT2D eigenvalue weighted by atomic mass is 16.7. The van der Waals surface area contributed by atoms with Crippen molar-refractivity contribution >= 4 is 5.97 Å². The average Bonchev–Trinajstić information content (AvgIpc) is 3.21. The lowest BCUT2D eigenvalue weighted by atomic mass is 9.45. The predicted octanol–water partition coefficient (Wildman–Crippen LogP) is 3.76. The van der Waals surface area contributed by atoms with Crippen LogP contribution in [-0.2, 0) is 9.47 Å². The summed E-state index contributed by atoms with van der Waals surface area (Å²) >= 11 is 0. The van der Waals surface area contributed by atoms with Gasteiger partial charge >= 0.3 is 5.97 Å². The fraction of sp³-hybridized carbons (Fsp3) is 0.719. The van der Waals surface area contributed by atoms with Crippen LogP contribution in [0.2, 0.25) is 0 Å². The van der Waals surface area contributed by atoms with Crippen LogP contribution in [0.25, 0.3) is 0 Å². The van der Waals surface area contributed by atoms with E-state index in [2.05, 4.69) is 19.9 Å². The molecular formula is C32H44O8. The van der Waals surface area contributed by atoms with E-state index in [0.717, 1.165) is 56.9 Å². The van der Waals surface area contributed by atoms with Crippen LogP contribution in [0.15, 0.2) is 35.9 Å². The fourth-order valence-electron chi connectivity index (χ4n) is 9.49. The monoisotopic (exact) mass is 556 g/mol. The molecule has 4 aliphatic carbocycles. The van der Waals surface area contributed by atoms with E-state index in [9.17, 15) is 30.3 Å². The third-order valence-electron chi connectivity index (χ3n) is 11.9. The molecule has 5 N–H and O–H groups in total. The van der Waals surface area contributed by atoms with Crippen molar-refractivity contribution in [3.63, 3.8) is 0 Å². The number of aliphatic hydroxyl groups excluding tert-OH is 3. The largest absolute Gasteiger partial charge is 0.478 e. The maximum absolute atomic E-state index is 12.5. The summed E-state index contributed by atoms with van der Waals surface area (Å²) in [7, 11) is 0. The number of fused-ring (bicyclic) bond motifs is 5. The summed E-state index contributed by atoms with van der Waals surface area (Å²) in [4.78, 5) is 11.6. The molecular weight excluding hydrogens is 512 g/mol.